The van der Waals surface area contributed by atoms with Crippen LogP contribution >= 0.6 is 11.6 Å². The van der Waals surface area contributed by atoms with Crippen molar-refractivity contribution in [3.8, 4) is 17.2 Å². The van der Waals surface area contributed by atoms with Crippen molar-refractivity contribution in [1.82, 2.24) is 0 Å². The second-order valence-corrected chi connectivity index (χ2v) is 8.79. The predicted molar refractivity (Wildman–Crippen MR) is 112 cm³/mol. The van der Waals surface area contributed by atoms with Crippen LogP contribution in [0.3, 0.4) is 0 Å². The summed E-state index contributed by atoms with van der Waals surface area (Å²) in [7, 11) is 6.03. The number of carbonyl (C=O) groups is 1. The van der Waals surface area contributed by atoms with E-state index in [4.69, 9.17) is 25.8 Å². The second-order valence-electron chi connectivity index (χ2n) is 8.35. The molecule has 0 saturated carbocycles. The molecule has 0 aromatic heterocycles. The molecule has 2 aromatic rings. The van der Waals surface area contributed by atoms with Gasteiger partial charge in [0.15, 0.2) is 11.5 Å². The van der Waals surface area contributed by atoms with Crippen molar-refractivity contribution in [3.63, 3.8) is 0 Å². The van der Waals surface area contributed by atoms with E-state index in [0.29, 0.717) is 23.6 Å². The van der Waals surface area contributed by atoms with Crippen LogP contribution in [0.15, 0.2) is 30.3 Å². The largest absolute Gasteiger partial charge is 0.492 e. The molecule has 5 nitrogen and oxygen atoms in total. The van der Waals surface area contributed by atoms with Gasteiger partial charge in [0.2, 0.25) is 12.5 Å². The predicted octanol–water partition coefficient (Wildman–Crippen LogP) is 4.34. The van der Waals surface area contributed by atoms with Crippen molar-refractivity contribution >= 4 is 17.4 Å². The number of rotatable bonds is 6. The van der Waals surface area contributed by atoms with E-state index in [0.717, 1.165) is 46.5 Å². The van der Waals surface area contributed by atoms with Gasteiger partial charge in [-0.25, -0.2) is 0 Å². The molecule has 1 atom stereocenters. The van der Waals surface area contributed by atoms with E-state index in [1.54, 1.807) is 7.11 Å². The molecule has 0 aliphatic carbocycles. The lowest BCUT2D eigenvalue weighted by atomic mass is 9.86. The lowest BCUT2D eigenvalue weighted by Gasteiger charge is -2.43. The molecule has 154 valence electrons. The lowest BCUT2D eigenvalue weighted by molar-refractivity contribution is -0.922. The molecular weight excluding hydrogens is 390 g/mol. The standard InChI is InChI=1S/C23H27ClNO4/c1-25(2)11-10-16-12-20-22(29-14-28-20)23(27-3)21(16)19(25)13-18(26)9-6-15-4-7-17(24)8-5-15/h4-5,7-8,12,19H,6,9-11,13-14H2,1-3H3/q+1. The highest BCUT2D eigenvalue weighted by Crippen LogP contribution is 2.51. The summed E-state index contributed by atoms with van der Waals surface area (Å²) in [5.74, 6) is 2.37. The summed E-state index contributed by atoms with van der Waals surface area (Å²) < 4.78 is 17.8. The van der Waals surface area contributed by atoms with Crippen molar-refractivity contribution in [1.29, 1.82) is 0 Å². The number of likely N-dealkylation sites (N-methyl/N-ethyl adjacent to an activating group) is 1. The van der Waals surface area contributed by atoms with Crippen LogP contribution in [0, 0.1) is 0 Å². The average Bonchev–Trinajstić information content (AvgIpc) is 3.16. The summed E-state index contributed by atoms with van der Waals surface area (Å²) >= 11 is 5.95. The summed E-state index contributed by atoms with van der Waals surface area (Å²) in [5, 5.41) is 0.712. The van der Waals surface area contributed by atoms with Gasteiger partial charge in [0.1, 0.15) is 11.8 Å². The topological polar surface area (TPSA) is 44.8 Å². The van der Waals surface area contributed by atoms with Crippen molar-refractivity contribution in [2.75, 3.05) is 34.5 Å². The molecule has 0 bridgehead atoms. The molecule has 2 aromatic carbocycles. The van der Waals surface area contributed by atoms with Gasteiger partial charge in [0.05, 0.1) is 39.7 Å². The van der Waals surface area contributed by atoms with Gasteiger partial charge in [-0.3, -0.25) is 4.79 Å². The zero-order valence-corrected chi connectivity index (χ0v) is 17.9. The van der Waals surface area contributed by atoms with Crippen LogP contribution in [-0.4, -0.2) is 44.8 Å². The number of benzene rings is 2. The number of fused-ring (bicyclic) bond motifs is 2. The van der Waals surface area contributed by atoms with Crippen LogP contribution < -0.4 is 14.2 Å². The maximum atomic E-state index is 12.9. The van der Waals surface area contributed by atoms with Gasteiger partial charge in [0, 0.05) is 17.9 Å². The minimum absolute atomic E-state index is 0.0286. The fraction of sp³-hybridized carbons (Fsp3) is 0.435. The van der Waals surface area contributed by atoms with Gasteiger partial charge in [-0.15, -0.1) is 0 Å². The number of nitrogens with zero attached hydrogens (tertiary/aromatic N) is 1. The van der Waals surface area contributed by atoms with Crippen molar-refractivity contribution in [2.24, 2.45) is 0 Å². The first kappa shape index (κ1) is 20.0. The Bertz CT molecular complexity index is 923. The Kier molecular flexibility index (Phi) is 5.45. The molecular formula is C23H27ClNO4+. The van der Waals surface area contributed by atoms with Gasteiger partial charge in [0.25, 0.3) is 0 Å². The molecule has 4 rings (SSSR count). The molecule has 6 heteroatoms. The molecule has 0 saturated heterocycles. The highest BCUT2D eigenvalue weighted by molar-refractivity contribution is 6.30. The Hall–Kier alpha value is -2.24. The summed E-state index contributed by atoms with van der Waals surface area (Å²) in [6.07, 6.45) is 2.63. The third-order valence-electron chi connectivity index (χ3n) is 6.11. The van der Waals surface area contributed by atoms with Crippen LogP contribution in [0.2, 0.25) is 5.02 Å². The molecule has 0 amide bonds. The smallest absolute Gasteiger partial charge is 0.231 e. The minimum Gasteiger partial charge on any atom is -0.492 e. The molecule has 0 N–H and O–H groups in total. The van der Waals surface area contributed by atoms with Crippen LogP contribution in [0.1, 0.15) is 35.6 Å². The van der Waals surface area contributed by atoms with Crippen molar-refractivity contribution in [3.05, 3.63) is 52.0 Å². The van der Waals surface area contributed by atoms with E-state index >= 15 is 0 Å². The van der Waals surface area contributed by atoms with E-state index in [9.17, 15) is 4.79 Å². The number of Topliss-reactive ketones (excluding diaryl/α,β-unsaturated/α-hetero) is 1. The maximum absolute atomic E-state index is 12.9. The molecule has 0 fully saturated rings. The number of carbonyl (C=O) groups excluding carboxylic acids is 1. The van der Waals surface area contributed by atoms with Crippen LogP contribution in [0.4, 0.5) is 0 Å². The van der Waals surface area contributed by atoms with Gasteiger partial charge in [-0.05, 0) is 35.7 Å². The number of ether oxygens (including phenoxy) is 3. The van der Waals surface area contributed by atoms with Crippen molar-refractivity contribution < 1.29 is 23.5 Å². The van der Waals surface area contributed by atoms with Gasteiger partial charge < -0.3 is 18.7 Å². The number of halogens is 1. The first-order valence-corrected chi connectivity index (χ1v) is 10.3. The quantitative estimate of drug-likeness (QED) is 0.657. The summed E-state index contributed by atoms with van der Waals surface area (Å²) in [5.41, 5.74) is 3.41. The summed E-state index contributed by atoms with van der Waals surface area (Å²) in [4.78, 5) is 12.9. The van der Waals surface area contributed by atoms with Crippen LogP contribution in [0.5, 0.6) is 17.2 Å². The van der Waals surface area contributed by atoms with Crippen LogP contribution in [0.25, 0.3) is 0 Å². The van der Waals surface area contributed by atoms with E-state index in [2.05, 4.69) is 20.2 Å². The van der Waals surface area contributed by atoms with E-state index < -0.39 is 0 Å². The zero-order valence-electron chi connectivity index (χ0n) is 17.2. The third-order valence-corrected chi connectivity index (χ3v) is 6.36. The van der Waals surface area contributed by atoms with Crippen LogP contribution in [-0.2, 0) is 17.6 Å². The Morgan fingerprint density at radius 3 is 2.72 bits per heavy atom. The zero-order chi connectivity index (χ0) is 20.6. The summed E-state index contributed by atoms with van der Waals surface area (Å²) in [6, 6.07) is 9.79. The number of aryl methyl sites for hydroxylation is 1. The third kappa shape index (κ3) is 3.94. The Morgan fingerprint density at radius 1 is 1.24 bits per heavy atom. The monoisotopic (exact) mass is 416 g/mol. The van der Waals surface area contributed by atoms with Gasteiger partial charge >= 0.3 is 0 Å². The highest BCUT2D eigenvalue weighted by atomic mass is 35.5. The Morgan fingerprint density at radius 2 is 2.00 bits per heavy atom. The first-order valence-electron chi connectivity index (χ1n) is 9.97. The number of quaternary nitrogens is 1. The van der Waals surface area contributed by atoms with E-state index in [1.807, 2.05) is 24.3 Å². The molecule has 29 heavy (non-hydrogen) atoms. The normalized spacial score (nSPS) is 19.0. The first-order chi connectivity index (χ1) is 13.9. The minimum atomic E-state index is 0.0286. The number of hydrogen-bond donors (Lipinski definition) is 0. The molecule has 2 heterocycles. The highest BCUT2D eigenvalue weighted by Gasteiger charge is 2.42. The number of methoxy groups -OCH3 is 1. The van der Waals surface area contributed by atoms with E-state index in [-0.39, 0.29) is 18.6 Å². The molecule has 0 radical (unpaired) electrons. The molecule has 2 aliphatic heterocycles. The average molecular weight is 417 g/mol. The molecule has 1 unspecified atom stereocenters. The molecule has 2 aliphatic rings. The SMILES string of the molecule is COc1c2c(cc3c1C(CC(=O)CCc1ccc(Cl)cc1)[N+](C)(C)CC3)OCO2. The fourth-order valence-corrected chi connectivity index (χ4v) is 4.49. The Balaban J connectivity index is 1.58. The maximum Gasteiger partial charge on any atom is 0.231 e. The van der Waals surface area contributed by atoms with Gasteiger partial charge in [-0.1, -0.05) is 23.7 Å². The fourth-order valence-electron chi connectivity index (χ4n) is 4.37. The van der Waals surface area contributed by atoms with E-state index in [1.165, 1.54) is 5.56 Å². The number of ketones is 1. The second kappa shape index (κ2) is 7.88. The lowest BCUT2D eigenvalue weighted by Crippen LogP contribution is -2.48. The summed E-state index contributed by atoms with van der Waals surface area (Å²) in [6.45, 7) is 1.17. The number of hydrogen-bond acceptors (Lipinski definition) is 4. The van der Waals surface area contributed by atoms with Crippen molar-refractivity contribution in [2.45, 2.75) is 31.7 Å². The molecule has 0 spiro atoms. The Labute approximate surface area is 176 Å². The van der Waals surface area contributed by atoms with Gasteiger partial charge in [-0.2, -0.15) is 0 Å².